The van der Waals surface area contributed by atoms with Gasteiger partial charge in [0.15, 0.2) is 14.6 Å². The van der Waals surface area contributed by atoms with E-state index in [0.717, 1.165) is 32.1 Å². The van der Waals surface area contributed by atoms with E-state index in [9.17, 15) is 5.11 Å². The molecule has 0 aromatic carbocycles. The maximum Gasteiger partial charge on any atom is 0.192 e. The van der Waals surface area contributed by atoms with E-state index in [1.807, 2.05) is 0 Å². The van der Waals surface area contributed by atoms with Crippen LogP contribution in [0.15, 0.2) is 23.3 Å². The van der Waals surface area contributed by atoms with Crippen molar-refractivity contribution in [1.82, 2.24) is 0 Å². The molecule has 2 rings (SSSR count). The van der Waals surface area contributed by atoms with Crippen molar-refractivity contribution in [1.29, 1.82) is 0 Å². The van der Waals surface area contributed by atoms with Gasteiger partial charge in [0.2, 0.25) is 0 Å². The standard InChI is InChI=1S/C26H48O3Si/c1-18(2)12-10-14-20(4)24-22-17-28-25(27)21(22)15-11-13-19(3)16-23(24)29-30(8,9)26(5,6)7/h12-13,20-25,27H,10-11,14-17H2,1-9H3/b19-13+/t20-,21+,22-,23-,24+,25?/m1/s1. The maximum absolute atomic E-state index is 10.6. The van der Waals surface area contributed by atoms with E-state index in [4.69, 9.17) is 9.16 Å². The van der Waals surface area contributed by atoms with Gasteiger partial charge in [-0.3, -0.25) is 0 Å². The number of hydrogen-bond acceptors (Lipinski definition) is 3. The summed E-state index contributed by atoms with van der Waals surface area (Å²) >= 11 is 0. The van der Waals surface area contributed by atoms with Crippen molar-refractivity contribution in [2.75, 3.05) is 6.61 Å². The number of hydrogen-bond donors (Lipinski definition) is 1. The first kappa shape index (κ1) is 25.8. The molecule has 0 aromatic rings. The summed E-state index contributed by atoms with van der Waals surface area (Å²) in [4.78, 5) is 0. The summed E-state index contributed by atoms with van der Waals surface area (Å²) in [5.41, 5.74) is 2.83. The molecule has 0 saturated carbocycles. The molecule has 1 aliphatic carbocycles. The van der Waals surface area contributed by atoms with Crippen LogP contribution in [0.1, 0.15) is 80.6 Å². The fourth-order valence-electron chi connectivity index (χ4n) is 5.05. The maximum atomic E-state index is 10.6. The Morgan fingerprint density at radius 1 is 1.30 bits per heavy atom. The minimum absolute atomic E-state index is 0.185. The fourth-order valence-corrected chi connectivity index (χ4v) is 6.40. The van der Waals surface area contributed by atoms with Crippen LogP contribution in [-0.4, -0.2) is 32.4 Å². The van der Waals surface area contributed by atoms with Gasteiger partial charge in [-0.05, 0) is 88.8 Å². The van der Waals surface area contributed by atoms with E-state index < -0.39 is 14.6 Å². The van der Waals surface area contributed by atoms with Crippen molar-refractivity contribution in [3.05, 3.63) is 23.3 Å². The van der Waals surface area contributed by atoms with Gasteiger partial charge in [0.05, 0.1) is 12.7 Å². The fraction of sp³-hybridized carbons (Fsp3) is 0.846. The highest BCUT2D eigenvalue weighted by molar-refractivity contribution is 6.74. The average Bonchev–Trinajstić information content (AvgIpc) is 2.96. The zero-order valence-electron chi connectivity index (χ0n) is 21.1. The van der Waals surface area contributed by atoms with Crippen LogP contribution in [0.3, 0.4) is 0 Å². The molecule has 0 bridgehead atoms. The third kappa shape index (κ3) is 6.54. The highest BCUT2D eigenvalue weighted by Gasteiger charge is 2.48. The van der Waals surface area contributed by atoms with Gasteiger partial charge in [-0.15, -0.1) is 0 Å². The molecule has 0 amide bonds. The van der Waals surface area contributed by atoms with Crippen LogP contribution in [0.25, 0.3) is 0 Å². The van der Waals surface area contributed by atoms with E-state index in [-0.39, 0.29) is 17.1 Å². The van der Waals surface area contributed by atoms with Crippen LogP contribution in [-0.2, 0) is 9.16 Å². The molecule has 0 spiro atoms. The van der Waals surface area contributed by atoms with Crippen molar-refractivity contribution in [2.24, 2.45) is 23.7 Å². The summed E-state index contributed by atoms with van der Waals surface area (Å²) in [5, 5.41) is 10.8. The Hall–Kier alpha value is -0.423. The minimum atomic E-state index is -1.92. The van der Waals surface area contributed by atoms with Gasteiger partial charge in [-0.2, -0.15) is 0 Å². The van der Waals surface area contributed by atoms with Crippen molar-refractivity contribution < 1.29 is 14.3 Å². The number of rotatable bonds is 6. The third-order valence-corrected chi connectivity index (χ3v) is 12.4. The average molecular weight is 437 g/mol. The first-order valence-corrected chi connectivity index (χ1v) is 15.0. The summed E-state index contributed by atoms with van der Waals surface area (Å²) in [6.45, 7) is 21.4. The topological polar surface area (TPSA) is 38.7 Å². The Bertz CT molecular complexity index is 612. The number of aliphatic hydroxyl groups excluding tert-OH is 1. The van der Waals surface area contributed by atoms with Gasteiger partial charge >= 0.3 is 0 Å². The molecule has 174 valence electrons. The van der Waals surface area contributed by atoms with E-state index in [1.54, 1.807) is 0 Å². The molecule has 0 radical (unpaired) electrons. The third-order valence-electron chi connectivity index (χ3n) is 7.90. The van der Waals surface area contributed by atoms with Gasteiger partial charge in [0.1, 0.15) is 0 Å². The monoisotopic (exact) mass is 436 g/mol. The van der Waals surface area contributed by atoms with E-state index in [2.05, 4.69) is 73.7 Å². The molecule has 1 saturated heterocycles. The number of aliphatic hydroxyl groups is 1. The second kappa shape index (κ2) is 10.5. The van der Waals surface area contributed by atoms with E-state index >= 15 is 0 Å². The largest absolute Gasteiger partial charge is 0.413 e. The van der Waals surface area contributed by atoms with Crippen molar-refractivity contribution in [2.45, 2.75) is 111 Å². The molecule has 1 fully saturated rings. The van der Waals surface area contributed by atoms with Crippen LogP contribution >= 0.6 is 0 Å². The van der Waals surface area contributed by atoms with Gasteiger partial charge in [0.25, 0.3) is 0 Å². The van der Waals surface area contributed by atoms with E-state index in [1.165, 1.54) is 11.1 Å². The quantitative estimate of drug-likeness (QED) is 0.357. The molecule has 1 unspecified atom stereocenters. The first-order valence-electron chi connectivity index (χ1n) is 12.1. The Balaban J connectivity index is 2.40. The lowest BCUT2D eigenvalue weighted by Gasteiger charge is -2.45. The Kier molecular flexibility index (Phi) is 9.01. The van der Waals surface area contributed by atoms with Gasteiger partial charge in [0, 0.05) is 5.92 Å². The molecule has 1 aliphatic heterocycles. The molecule has 0 aromatic heterocycles. The van der Waals surface area contributed by atoms with Crippen LogP contribution in [0.4, 0.5) is 0 Å². The summed E-state index contributed by atoms with van der Waals surface area (Å²) in [6, 6.07) is 0. The smallest absolute Gasteiger partial charge is 0.192 e. The lowest BCUT2D eigenvalue weighted by atomic mass is 9.71. The van der Waals surface area contributed by atoms with Crippen molar-refractivity contribution in [3.63, 3.8) is 0 Å². The summed E-state index contributed by atoms with van der Waals surface area (Å²) in [6.07, 6.45) is 9.62. The predicted octanol–water partition coefficient (Wildman–Crippen LogP) is 7.09. The van der Waals surface area contributed by atoms with Crippen LogP contribution in [0, 0.1) is 23.7 Å². The lowest BCUT2D eigenvalue weighted by Crippen LogP contribution is -2.49. The normalized spacial score (nSPS) is 33.5. The Morgan fingerprint density at radius 3 is 2.57 bits per heavy atom. The zero-order chi connectivity index (χ0) is 22.7. The zero-order valence-corrected chi connectivity index (χ0v) is 22.1. The molecule has 1 heterocycles. The molecule has 4 heteroatoms. The van der Waals surface area contributed by atoms with Crippen molar-refractivity contribution in [3.8, 4) is 0 Å². The van der Waals surface area contributed by atoms with Gasteiger partial charge in [-0.1, -0.05) is 51.0 Å². The molecular weight excluding hydrogens is 388 g/mol. The number of ether oxygens (including phenoxy) is 1. The predicted molar refractivity (Wildman–Crippen MR) is 130 cm³/mol. The molecular formula is C26H48O3Si. The SMILES string of the molecule is CC(C)=CCC[C@@H](C)[C@H]1[C@@H]2COC(O)[C@H]2CC/C=C(\C)C[C@H]1O[Si](C)(C)C(C)(C)C. The molecule has 30 heavy (non-hydrogen) atoms. The second-order valence-electron chi connectivity index (χ2n) is 11.7. The number of allylic oxidation sites excluding steroid dienone is 3. The molecule has 1 N–H and O–H groups in total. The van der Waals surface area contributed by atoms with Crippen molar-refractivity contribution >= 4 is 8.32 Å². The number of fused-ring (bicyclic) bond motifs is 1. The summed E-state index contributed by atoms with van der Waals surface area (Å²) in [5.74, 6) is 1.53. The second-order valence-corrected chi connectivity index (χ2v) is 16.5. The van der Waals surface area contributed by atoms with E-state index in [0.29, 0.717) is 24.4 Å². The molecule has 2 aliphatic rings. The first-order chi connectivity index (χ1) is 13.8. The lowest BCUT2D eigenvalue weighted by molar-refractivity contribution is -0.0837. The van der Waals surface area contributed by atoms with Crippen LogP contribution in [0.2, 0.25) is 18.1 Å². The summed E-state index contributed by atoms with van der Waals surface area (Å²) < 4.78 is 13.0. The Labute approximate surface area is 187 Å². The molecule has 6 atom stereocenters. The van der Waals surface area contributed by atoms with Crippen LogP contribution in [0.5, 0.6) is 0 Å². The minimum Gasteiger partial charge on any atom is -0.413 e. The Morgan fingerprint density at radius 2 is 1.97 bits per heavy atom. The van der Waals surface area contributed by atoms with Gasteiger partial charge < -0.3 is 14.3 Å². The van der Waals surface area contributed by atoms with Gasteiger partial charge in [-0.25, -0.2) is 0 Å². The summed E-state index contributed by atoms with van der Waals surface area (Å²) in [7, 11) is -1.92. The molecule has 3 nitrogen and oxygen atoms in total. The van der Waals surface area contributed by atoms with Crippen LogP contribution < -0.4 is 0 Å². The highest BCUT2D eigenvalue weighted by Crippen LogP contribution is 2.46. The highest BCUT2D eigenvalue weighted by atomic mass is 28.4.